The molecule has 0 aliphatic rings. The molecule has 1 N–H and O–H groups in total. The number of imidazole rings is 2. The molecular weight excluding hydrogens is 252 g/mol. The summed E-state index contributed by atoms with van der Waals surface area (Å²) in [4.78, 5) is 24.9. The lowest BCUT2D eigenvalue weighted by molar-refractivity contribution is -0.387. The normalized spacial score (nSPS) is 11.1. The van der Waals surface area contributed by atoms with Crippen LogP contribution in [0.25, 0.3) is 5.65 Å². The SMILES string of the molecule is Cc1cn2c(C)nc([N+](=O)[O-])c2n1CCCC(=O)O. The highest BCUT2D eigenvalue weighted by molar-refractivity contribution is 5.66. The summed E-state index contributed by atoms with van der Waals surface area (Å²) in [5.41, 5.74) is 1.25. The van der Waals surface area contributed by atoms with E-state index in [1.54, 1.807) is 22.1 Å². The minimum Gasteiger partial charge on any atom is -0.481 e. The Bertz CT molecular complexity index is 655. The van der Waals surface area contributed by atoms with Crippen molar-refractivity contribution >= 4 is 17.4 Å². The van der Waals surface area contributed by atoms with Crippen LogP contribution >= 0.6 is 0 Å². The first-order valence-electron chi connectivity index (χ1n) is 5.82. The van der Waals surface area contributed by atoms with Gasteiger partial charge in [0, 0.05) is 31.8 Å². The molecule has 0 spiro atoms. The van der Waals surface area contributed by atoms with Gasteiger partial charge in [0.1, 0.15) is 0 Å². The first-order chi connectivity index (χ1) is 8.91. The van der Waals surface area contributed by atoms with E-state index in [-0.39, 0.29) is 12.2 Å². The summed E-state index contributed by atoms with van der Waals surface area (Å²) in [6.45, 7) is 3.94. The standard InChI is InChI=1S/C11H14N4O4/c1-7-6-14-8(2)12-10(15(18)19)11(14)13(7)5-3-4-9(16)17/h6H,3-5H2,1-2H3,(H,16,17). The van der Waals surface area contributed by atoms with Crippen LogP contribution in [0, 0.1) is 24.0 Å². The van der Waals surface area contributed by atoms with Gasteiger partial charge in [-0.15, -0.1) is 0 Å². The minimum absolute atomic E-state index is 0.0324. The van der Waals surface area contributed by atoms with Gasteiger partial charge in [0.25, 0.3) is 0 Å². The zero-order chi connectivity index (χ0) is 14.2. The number of fused-ring (bicyclic) bond motifs is 1. The summed E-state index contributed by atoms with van der Waals surface area (Å²) >= 11 is 0. The molecule has 8 nitrogen and oxygen atoms in total. The number of nitro groups is 1. The lowest BCUT2D eigenvalue weighted by Gasteiger charge is -2.04. The molecule has 19 heavy (non-hydrogen) atoms. The molecule has 0 aromatic carbocycles. The first kappa shape index (κ1) is 13.1. The van der Waals surface area contributed by atoms with Crippen LogP contribution in [0.5, 0.6) is 0 Å². The van der Waals surface area contributed by atoms with E-state index in [1.807, 2.05) is 6.92 Å². The van der Waals surface area contributed by atoms with Gasteiger partial charge in [-0.2, -0.15) is 0 Å². The zero-order valence-electron chi connectivity index (χ0n) is 10.7. The van der Waals surface area contributed by atoms with E-state index in [4.69, 9.17) is 5.11 Å². The van der Waals surface area contributed by atoms with E-state index in [0.29, 0.717) is 24.4 Å². The minimum atomic E-state index is -0.875. The monoisotopic (exact) mass is 266 g/mol. The van der Waals surface area contributed by atoms with Gasteiger partial charge in [-0.1, -0.05) is 0 Å². The van der Waals surface area contributed by atoms with Gasteiger partial charge in [-0.25, -0.2) is 0 Å². The smallest absolute Gasteiger partial charge is 0.407 e. The Kier molecular flexibility index (Phi) is 3.24. The first-order valence-corrected chi connectivity index (χ1v) is 5.82. The molecule has 0 atom stereocenters. The van der Waals surface area contributed by atoms with Crippen LogP contribution in [0.15, 0.2) is 6.20 Å². The number of aromatic nitrogens is 3. The fourth-order valence-electron chi connectivity index (χ4n) is 2.14. The van der Waals surface area contributed by atoms with Gasteiger partial charge in [-0.3, -0.25) is 9.20 Å². The third-order valence-electron chi connectivity index (χ3n) is 2.99. The number of hydrogen-bond donors (Lipinski definition) is 1. The van der Waals surface area contributed by atoms with Gasteiger partial charge >= 0.3 is 11.8 Å². The van der Waals surface area contributed by atoms with Gasteiger partial charge in [0.05, 0.1) is 0 Å². The molecule has 102 valence electrons. The third-order valence-corrected chi connectivity index (χ3v) is 2.99. The Morgan fingerprint density at radius 1 is 1.53 bits per heavy atom. The average Bonchev–Trinajstić information content (AvgIpc) is 2.78. The van der Waals surface area contributed by atoms with Gasteiger partial charge < -0.3 is 19.8 Å². The zero-order valence-corrected chi connectivity index (χ0v) is 10.7. The maximum Gasteiger partial charge on any atom is 0.407 e. The summed E-state index contributed by atoms with van der Waals surface area (Å²) in [5.74, 6) is -0.525. The second-order valence-electron chi connectivity index (χ2n) is 4.35. The molecule has 0 aliphatic heterocycles. The molecule has 0 amide bonds. The van der Waals surface area contributed by atoms with Crippen molar-refractivity contribution in [1.29, 1.82) is 0 Å². The highest BCUT2D eigenvalue weighted by atomic mass is 16.6. The second kappa shape index (κ2) is 4.71. The predicted molar refractivity (Wildman–Crippen MR) is 66.2 cm³/mol. The average molecular weight is 266 g/mol. The van der Waals surface area contributed by atoms with E-state index in [0.717, 1.165) is 5.69 Å². The van der Waals surface area contributed by atoms with Crippen molar-refractivity contribution in [3.8, 4) is 0 Å². The van der Waals surface area contributed by atoms with E-state index < -0.39 is 10.9 Å². The number of aliphatic carboxylic acids is 1. The van der Waals surface area contributed by atoms with Crippen molar-refractivity contribution in [3.63, 3.8) is 0 Å². The van der Waals surface area contributed by atoms with Crippen molar-refractivity contribution in [2.24, 2.45) is 0 Å². The van der Waals surface area contributed by atoms with Crippen LogP contribution < -0.4 is 0 Å². The van der Waals surface area contributed by atoms with E-state index in [2.05, 4.69) is 4.98 Å². The molecule has 2 aromatic heterocycles. The lowest BCUT2D eigenvalue weighted by atomic mass is 10.3. The number of rotatable bonds is 5. The van der Waals surface area contributed by atoms with Crippen molar-refractivity contribution in [2.75, 3.05) is 0 Å². The van der Waals surface area contributed by atoms with Crippen molar-refractivity contribution in [1.82, 2.24) is 14.0 Å². The summed E-state index contributed by atoms with van der Waals surface area (Å²) in [5, 5.41) is 19.6. The Hall–Kier alpha value is -2.38. The van der Waals surface area contributed by atoms with Crippen LogP contribution in [-0.4, -0.2) is 30.0 Å². The summed E-state index contributed by atoms with van der Waals surface area (Å²) in [6, 6.07) is 0. The highest BCUT2D eigenvalue weighted by Crippen LogP contribution is 2.23. The number of carboxylic acid groups (broad SMARTS) is 1. The summed E-state index contributed by atoms with van der Waals surface area (Å²) in [6.07, 6.45) is 2.22. The molecule has 0 bridgehead atoms. The van der Waals surface area contributed by atoms with Crippen LogP contribution in [0.2, 0.25) is 0 Å². The molecule has 0 radical (unpaired) electrons. The van der Waals surface area contributed by atoms with Crippen LogP contribution in [0.3, 0.4) is 0 Å². The fraction of sp³-hybridized carbons (Fsp3) is 0.455. The van der Waals surface area contributed by atoms with Crippen LogP contribution in [-0.2, 0) is 11.3 Å². The Labute approximate surface area is 108 Å². The molecule has 0 saturated heterocycles. The van der Waals surface area contributed by atoms with Crippen molar-refractivity contribution < 1.29 is 14.8 Å². The van der Waals surface area contributed by atoms with E-state index in [1.165, 1.54) is 0 Å². The molecule has 8 heteroatoms. The molecule has 0 aliphatic carbocycles. The lowest BCUT2D eigenvalue weighted by Crippen LogP contribution is -2.04. The van der Waals surface area contributed by atoms with Gasteiger partial charge in [0.2, 0.25) is 11.5 Å². The topological polar surface area (TPSA) is 103 Å². The largest absolute Gasteiger partial charge is 0.481 e. The Morgan fingerprint density at radius 3 is 2.79 bits per heavy atom. The Morgan fingerprint density at radius 2 is 2.21 bits per heavy atom. The third kappa shape index (κ3) is 2.28. The van der Waals surface area contributed by atoms with Crippen molar-refractivity contribution in [3.05, 3.63) is 27.8 Å². The van der Waals surface area contributed by atoms with E-state index >= 15 is 0 Å². The molecule has 0 saturated carbocycles. The predicted octanol–water partition coefficient (Wildman–Crippen LogP) is 1.53. The highest BCUT2D eigenvalue weighted by Gasteiger charge is 2.24. The van der Waals surface area contributed by atoms with Crippen LogP contribution in [0.1, 0.15) is 24.4 Å². The van der Waals surface area contributed by atoms with Gasteiger partial charge in [0.15, 0.2) is 0 Å². The fourth-order valence-corrected chi connectivity index (χ4v) is 2.14. The van der Waals surface area contributed by atoms with Crippen molar-refractivity contribution in [2.45, 2.75) is 33.2 Å². The quantitative estimate of drug-likeness (QED) is 0.653. The number of aryl methyl sites for hydroxylation is 3. The van der Waals surface area contributed by atoms with Crippen LogP contribution in [0.4, 0.5) is 5.82 Å². The maximum absolute atomic E-state index is 11.0. The molecule has 0 unspecified atom stereocenters. The maximum atomic E-state index is 11.0. The molecular formula is C11H14N4O4. The molecule has 0 fully saturated rings. The number of carboxylic acids is 1. The number of nitrogens with zero attached hydrogens (tertiary/aromatic N) is 4. The summed E-state index contributed by atoms with van der Waals surface area (Å²) < 4.78 is 3.40. The van der Waals surface area contributed by atoms with Gasteiger partial charge in [-0.05, 0) is 23.3 Å². The summed E-state index contributed by atoms with van der Waals surface area (Å²) in [7, 11) is 0. The molecule has 2 heterocycles. The molecule has 2 aromatic rings. The Balaban J connectivity index is 2.44. The van der Waals surface area contributed by atoms with E-state index in [9.17, 15) is 14.9 Å². The second-order valence-corrected chi connectivity index (χ2v) is 4.35. The molecule has 2 rings (SSSR count). The number of hydrogen-bond acceptors (Lipinski definition) is 4. The number of carbonyl (C=O) groups is 1.